The highest BCUT2D eigenvalue weighted by Crippen LogP contribution is 2.25. The smallest absolute Gasteiger partial charge is 0.336 e. The predicted molar refractivity (Wildman–Crippen MR) is 115 cm³/mol. The molecular weight excluding hydrogens is 362 g/mol. The molecule has 1 N–H and O–H groups in total. The second-order valence-corrected chi connectivity index (χ2v) is 7.47. The Morgan fingerprint density at radius 2 is 1.83 bits per heavy atom. The number of aryl methyl sites for hydroxylation is 1. The minimum atomic E-state index is -0.911. The molecule has 1 aromatic heterocycles. The van der Waals surface area contributed by atoms with E-state index < -0.39 is 5.97 Å². The van der Waals surface area contributed by atoms with Gasteiger partial charge >= 0.3 is 5.97 Å². The van der Waals surface area contributed by atoms with Crippen molar-refractivity contribution in [3.8, 4) is 11.1 Å². The van der Waals surface area contributed by atoms with Crippen LogP contribution in [0.5, 0.6) is 0 Å². The van der Waals surface area contributed by atoms with E-state index in [0.29, 0.717) is 18.0 Å². The zero-order chi connectivity index (χ0) is 20.8. The second-order valence-electron chi connectivity index (χ2n) is 7.47. The maximum atomic E-state index is 11.5. The molecule has 0 aliphatic carbocycles. The monoisotopic (exact) mass is 391 g/mol. The van der Waals surface area contributed by atoms with Crippen LogP contribution in [0.3, 0.4) is 0 Å². The number of rotatable bonds is 9. The highest BCUT2D eigenvalue weighted by atomic mass is 16.4. The van der Waals surface area contributed by atoms with Gasteiger partial charge in [-0.3, -0.25) is 0 Å². The van der Waals surface area contributed by atoms with Gasteiger partial charge < -0.3 is 5.11 Å². The second kappa shape index (κ2) is 9.50. The third kappa shape index (κ3) is 4.91. The maximum absolute atomic E-state index is 11.5. The quantitative estimate of drug-likeness (QED) is 0.519. The predicted octanol–water partition coefficient (Wildman–Crippen LogP) is 5.55. The van der Waals surface area contributed by atoms with Crippen molar-refractivity contribution in [2.75, 3.05) is 0 Å². The first-order valence-electron chi connectivity index (χ1n) is 10.4. The van der Waals surface area contributed by atoms with Gasteiger partial charge in [-0.25, -0.2) is 14.5 Å². The fraction of sp³-hybridized carbons (Fsp3) is 0.375. The first-order valence-corrected chi connectivity index (χ1v) is 10.4. The van der Waals surface area contributed by atoms with E-state index in [1.807, 2.05) is 24.3 Å². The summed E-state index contributed by atoms with van der Waals surface area (Å²) < 4.78 is 2.07. The largest absolute Gasteiger partial charge is 0.478 e. The minimum Gasteiger partial charge on any atom is -0.478 e. The number of nitrogens with zero attached hydrogens (tertiary/aromatic N) is 3. The molecule has 0 saturated carbocycles. The van der Waals surface area contributed by atoms with E-state index in [9.17, 15) is 9.90 Å². The third-order valence-corrected chi connectivity index (χ3v) is 5.29. The summed E-state index contributed by atoms with van der Waals surface area (Å²) in [5.74, 6) is 1.00. The first kappa shape index (κ1) is 20.8. The van der Waals surface area contributed by atoms with Crippen LogP contribution in [0.1, 0.15) is 73.6 Å². The summed E-state index contributed by atoms with van der Waals surface area (Å²) in [5, 5.41) is 14.2. The fourth-order valence-electron chi connectivity index (χ4n) is 3.40. The summed E-state index contributed by atoms with van der Waals surface area (Å²) in [6, 6.07) is 15.5. The topological polar surface area (TPSA) is 68.0 Å². The van der Waals surface area contributed by atoms with Gasteiger partial charge in [-0.1, -0.05) is 62.7 Å². The van der Waals surface area contributed by atoms with E-state index in [0.717, 1.165) is 54.0 Å². The van der Waals surface area contributed by atoms with Gasteiger partial charge in [-0.2, -0.15) is 5.10 Å². The van der Waals surface area contributed by atoms with Gasteiger partial charge in [-0.05, 0) is 42.5 Å². The Morgan fingerprint density at radius 1 is 1.10 bits per heavy atom. The normalized spacial score (nSPS) is 12.1. The number of hydrogen-bond acceptors (Lipinski definition) is 3. The van der Waals surface area contributed by atoms with E-state index in [4.69, 9.17) is 10.1 Å². The number of unbranched alkanes of at least 4 members (excludes halogenated alkanes) is 1. The molecule has 5 heteroatoms. The van der Waals surface area contributed by atoms with E-state index in [-0.39, 0.29) is 0 Å². The van der Waals surface area contributed by atoms with Gasteiger partial charge in [0.05, 0.1) is 11.6 Å². The third-order valence-electron chi connectivity index (χ3n) is 5.29. The summed E-state index contributed by atoms with van der Waals surface area (Å²) in [7, 11) is 0. The number of carboxylic acid groups (broad SMARTS) is 1. The lowest BCUT2D eigenvalue weighted by atomic mass is 9.98. The lowest BCUT2D eigenvalue weighted by Gasteiger charge is -2.12. The van der Waals surface area contributed by atoms with E-state index >= 15 is 0 Å². The number of aromatic carboxylic acids is 1. The number of carboxylic acids is 1. The molecule has 0 aliphatic heterocycles. The molecular formula is C24H29N3O2. The highest BCUT2D eigenvalue weighted by molar-refractivity contribution is 5.95. The molecule has 0 amide bonds. The molecule has 29 heavy (non-hydrogen) atoms. The summed E-state index contributed by atoms with van der Waals surface area (Å²) in [6.45, 7) is 6.51. The van der Waals surface area contributed by atoms with Crippen LogP contribution in [-0.4, -0.2) is 25.8 Å². The zero-order valence-corrected chi connectivity index (χ0v) is 17.4. The first-order chi connectivity index (χ1) is 14.0. The van der Waals surface area contributed by atoms with E-state index in [2.05, 4.69) is 37.6 Å². The van der Waals surface area contributed by atoms with Crippen LogP contribution in [0, 0.1) is 0 Å². The fourth-order valence-corrected chi connectivity index (χ4v) is 3.40. The molecule has 1 unspecified atom stereocenters. The van der Waals surface area contributed by atoms with Crippen molar-refractivity contribution in [1.29, 1.82) is 0 Å². The molecule has 152 valence electrons. The molecule has 5 nitrogen and oxygen atoms in total. The van der Waals surface area contributed by atoms with Crippen molar-refractivity contribution in [1.82, 2.24) is 14.8 Å². The highest BCUT2D eigenvalue weighted by Gasteiger charge is 2.15. The number of hydrogen-bond donors (Lipinski definition) is 1. The van der Waals surface area contributed by atoms with Gasteiger partial charge in [0.2, 0.25) is 0 Å². The summed E-state index contributed by atoms with van der Waals surface area (Å²) in [5.41, 5.74) is 3.09. The average molecular weight is 392 g/mol. The van der Waals surface area contributed by atoms with Crippen LogP contribution < -0.4 is 0 Å². The number of benzene rings is 2. The standard InChI is InChI=1S/C24H29N3O2/c1-4-6-11-22-25-23(27(26-22)17(3)5-2)16-18-12-14-19(15-13-18)20-9-7-8-10-21(20)24(28)29/h7-10,12-15,17H,4-6,11,16H2,1-3H3,(H,28,29). The molecule has 0 radical (unpaired) electrons. The lowest BCUT2D eigenvalue weighted by molar-refractivity contribution is 0.0697. The molecule has 0 saturated heterocycles. The maximum Gasteiger partial charge on any atom is 0.336 e. The summed E-state index contributed by atoms with van der Waals surface area (Å²) >= 11 is 0. The molecule has 1 atom stereocenters. The molecule has 3 aromatic rings. The molecule has 0 aliphatic rings. The Kier molecular flexibility index (Phi) is 6.81. The molecule has 0 bridgehead atoms. The minimum absolute atomic E-state index is 0.314. The number of aromatic nitrogens is 3. The lowest BCUT2D eigenvalue weighted by Crippen LogP contribution is -2.11. The van der Waals surface area contributed by atoms with Crippen molar-refractivity contribution in [2.45, 2.75) is 58.9 Å². The Morgan fingerprint density at radius 3 is 2.48 bits per heavy atom. The van der Waals surface area contributed by atoms with Crippen molar-refractivity contribution in [3.63, 3.8) is 0 Å². The Balaban J connectivity index is 1.85. The Hall–Kier alpha value is -2.95. The molecule has 3 rings (SSSR count). The van der Waals surface area contributed by atoms with Gasteiger partial charge in [0, 0.05) is 12.8 Å². The Labute approximate surface area is 172 Å². The van der Waals surface area contributed by atoms with Crippen LogP contribution >= 0.6 is 0 Å². The SMILES string of the molecule is CCCCc1nc(Cc2ccc(-c3ccccc3C(=O)O)cc2)n(C(C)CC)n1. The summed E-state index contributed by atoms with van der Waals surface area (Å²) in [6.07, 6.45) is 4.87. The average Bonchev–Trinajstić information content (AvgIpc) is 3.14. The zero-order valence-electron chi connectivity index (χ0n) is 17.4. The van der Waals surface area contributed by atoms with Gasteiger partial charge in [0.15, 0.2) is 5.82 Å². The van der Waals surface area contributed by atoms with E-state index in [1.54, 1.807) is 12.1 Å². The van der Waals surface area contributed by atoms with Crippen molar-refractivity contribution in [2.24, 2.45) is 0 Å². The van der Waals surface area contributed by atoms with Crippen molar-refractivity contribution in [3.05, 3.63) is 71.3 Å². The van der Waals surface area contributed by atoms with Crippen LogP contribution in [0.15, 0.2) is 48.5 Å². The van der Waals surface area contributed by atoms with Gasteiger partial charge in [0.25, 0.3) is 0 Å². The van der Waals surface area contributed by atoms with Crippen LogP contribution in [0.4, 0.5) is 0 Å². The van der Waals surface area contributed by atoms with Crippen molar-refractivity contribution >= 4 is 5.97 Å². The van der Waals surface area contributed by atoms with Crippen LogP contribution in [-0.2, 0) is 12.8 Å². The van der Waals surface area contributed by atoms with Gasteiger partial charge in [0.1, 0.15) is 5.82 Å². The molecule has 0 spiro atoms. The molecule has 1 heterocycles. The number of carbonyl (C=O) groups is 1. The molecule has 2 aromatic carbocycles. The van der Waals surface area contributed by atoms with Crippen LogP contribution in [0.25, 0.3) is 11.1 Å². The summed E-state index contributed by atoms with van der Waals surface area (Å²) in [4.78, 5) is 16.3. The molecule has 0 fully saturated rings. The Bertz CT molecular complexity index is 961. The van der Waals surface area contributed by atoms with E-state index in [1.165, 1.54) is 0 Å². The van der Waals surface area contributed by atoms with Crippen LogP contribution in [0.2, 0.25) is 0 Å². The van der Waals surface area contributed by atoms with Crippen molar-refractivity contribution < 1.29 is 9.90 Å². The van der Waals surface area contributed by atoms with Gasteiger partial charge in [-0.15, -0.1) is 0 Å².